The molecule has 0 saturated carbocycles. The van der Waals surface area contributed by atoms with Crippen molar-refractivity contribution in [2.24, 2.45) is 0 Å². The van der Waals surface area contributed by atoms with Gasteiger partial charge in [0.15, 0.2) is 5.82 Å². The average molecular weight is 364 g/mol. The van der Waals surface area contributed by atoms with Crippen LogP contribution in [0.3, 0.4) is 0 Å². The molecule has 0 bridgehead atoms. The molecule has 2 heterocycles. The van der Waals surface area contributed by atoms with E-state index in [1.807, 2.05) is 0 Å². The summed E-state index contributed by atoms with van der Waals surface area (Å²) in [6.07, 6.45) is 1.19. The van der Waals surface area contributed by atoms with E-state index in [0.717, 1.165) is 0 Å². The molecule has 0 aliphatic rings. The molecular formula is C14H10ClN5O3S. The monoisotopic (exact) mass is 363 g/mol. The van der Waals surface area contributed by atoms with Gasteiger partial charge < -0.3 is 4.74 Å². The van der Waals surface area contributed by atoms with Crippen molar-refractivity contribution in [3.63, 3.8) is 0 Å². The summed E-state index contributed by atoms with van der Waals surface area (Å²) < 4.78 is 5.56. The number of hydrogen-bond donors (Lipinski definition) is 1. The highest BCUT2D eigenvalue weighted by Gasteiger charge is 2.09. The zero-order chi connectivity index (χ0) is 16.9. The Bertz CT molecular complexity index is 838. The number of pyridine rings is 1. The molecule has 0 unspecified atom stereocenters. The molecule has 1 N–H and O–H groups in total. The minimum Gasteiger partial charge on any atom is -0.486 e. The van der Waals surface area contributed by atoms with E-state index in [2.05, 4.69) is 20.2 Å². The first-order chi connectivity index (χ1) is 11.6. The molecule has 0 aliphatic carbocycles. The number of aromatic amines is 1. The van der Waals surface area contributed by atoms with Crippen molar-refractivity contribution >= 4 is 29.1 Å². The second-order valence-corrected chi connectivity index (χ2v) is 5.95. The van der Waals surface area contributed by atoms with Crippen molar-refractivity contribution in [1.82, 2.24) is 20.2 Å². The first kappa shape index (κ1) is 16.2. The summed E-state index contributed by atoms with van der Waals surface area (Å²) in [5.41, 5.74) is -0.0635. The molecule has 2 aromatic heterocycles. The van der Waals surface area contributed by atoms with Gasteiger partial charge in [0.1, 0.15) is 23.6 Å². The second-order valence-electron chi connectivity index (χ2n) is 4.52. The van der Waals surface area contributed by atoms with Crippen LogP contribution in [0.25, 0.3) is 0 Å². The van der Waals surface area contributed by atoms with Gasteiger partial charge >= 0.3 is 0 Å². The van der Waals surface area contributed by atoms with Gasteiger partial charge in [-0.3, -0.25) is 15.2 Å². The molecule has 0 radical (unpaired) electrons. The number of rotatable bonds is 6. The smallest absolute Gasteiger partial charge is 0.287 e. The number of nitrogens with one attached hydrogen (secondary N) is 1. The molecule has 0 saturated heterocycles. The van der Waals surface area contributed by atoms with Crippen LogP contribution in [0.4, 0.5) is 5.69 Å². The standard InChI is InChI=1S/C14H10ClN5O3S/c15-9-1-4-11(5-2-9)23-8-12-17-14(19-18-12)24-13-6-3-10(7-16-13)20(21)22/h1-7H,8H2,(H,17,18,19). The summed E-state index contributed by atoms with van der Waals surface area (Å²) >= 11 is 7.00. The SMILES string of the molecule is O=[N+]([O-])c1ccc(Sc2n[nH]c(COc3ccc(Cl)cc3)n2)nc1. The van der Waals surface area contributed by atoms with E-state index in [4.69, 9.17) is 16.3 Å². The van der Waals surface area contributed by atoms with Gasteiger partial charge in [0.05, 0.1) is 4.92 Å². The van der Waals surface area contributed by atoms with Crippen molar-refractivity contribution < 1.29 is 9.66 Å². The topological polar surface area (TPSA) is 107 Å². The van der Waals surface area contributed by atoms with Gasteiger partial charge in [-0.15, -0.1) is 5.10 Å². The van der Waals surface area contributed by atoms with Gasteiger partial charge in [-0.2, -0.15) is 0 Å². The van der Waals surface area contributed by atoms with Crippen LogP contribution in [0, 0.1) is 10.1 Å². The van der Waals surface area contributed by atoms with Gasteiger partial charge in [0.25, 0.3) is 5.69 Å². The summed E-state index contributed by atoms with van der Waals surface area (Å²) in [4.78, 5) is 18.3. The fourth-order valence-corrected chi connectivity index (χ4v) is 2.51. The molecule has 1 aromatic carbocycles. The normalized spacial score (nSPS) is 10.5. The molecule has 10 heteroatoms. The van der Waals surface area contributed by atoms with Crippen molar-refractivity contribution in [1.29, 1.82) is 0 Å². The third-order valence-electron chi connectivity index (χ3n) is 2.83. The van der Waals surface area contributed by atoms with Gasteiger partial charge in [-0.1, -0.05) is 11.6 Å². The van der Waals surface area contributed by atoms with E-state index >= 15 is 0 Å². The van der Waals surface area contributed by atoms with E-state index in [-0.39, 0.29) is 12.3 Å². The molecule has 8 nitrogen and oxygen atoms in total. The lowest BCUT2D eigenvalue weighted by molar-refractivity contribution is -0.385. The van der Waals surface area contributed by atoms with E-state index < -0.39 is 4.92 Å². The fourth-order valence-electron chi connectivity index (χ4n) is 1.70. The Morgan fingerprint density at radius 1 is 1.25 bits per heavy atom. The van der Waals surface area contributed by atoms with Crippen LogP contribution in [0.2, 0.25) is 5.02 Å². The molecule has 3 rings (SSSR count). The molecule has 24 heavy (non-hydrogen) atoms. The highest BCUT2D eigenvalue weighted by molar-refractivity contribution is 7.99. The Hall–Kier alpha value is -2.65. The van der Waals surface area contributed by atoms with Crippen LogP contribution in [-0.2, 0) is 6.61 Å². The van der Waals surface area contributed by atoms with Gasteiger partial charge in [0, 0.05) is 11.1 Å². The number of nitro groups is 1. The highest BCUT2D eigenvalue weighted by Crippen LogP contribution is 2.24. The molecule has 122 valence electrons. The number of H-pyrrole nitrogens is 1. The lowest BCUT2D eigenvalue weighted by atomic mass is 10.3. The van der Waals surface area contributed by atoms with Crippen LogP contribution in [0.15, 0.2) is 52.8 Å². The van der Waals surface area contributed by atoms with E-state index in [1.165, 1.54) is 24.0 Å². The lowest BCUT2D eigenvalue weighted by Crippen LogP contribution is -1.97. The Labute approximate surface area is 145 Å². The number of hydrogen-bond acceptors (Lipinski definition) is 7. The molecule has 0 atom stereocenters. The van der Waals surface area contributed by atoms with E-state index in [9.17, 15) is 10.1 Å². The fraction of sp³-hybridized carbons (Fsp3) is 0.0714. The minimum absolute atomic E-state index is 0.0635. The number of benzene rings is 1. The predicted molar refractivity (Wildman–Crippen MR) is 87.2 cm³/mol. The van der Waals surface area contributed by atoms with Crippen molar-refractivity contribution in [2.75, 3.05) is 0 Å². The maximum absolute atomic E-state index is 10.6. The van der Waals surface area contributed by atoms with E-state index in [1.54, 1.807) is 30.3 Å². The zero-order valence-corrected chi connectivity index (χ0v) is 13.6. The summed E-state index contributed by atoms with van der Waals surface area (Å²) in [6.45, 7) is 0.225. The maximum Gasteiger partial charge on any atom is 0.287 e. The minimum atomic E-state index is -0.500. The van der Waals surface area contributed by atoms with Gasteiger partial charge in [-0.25, -0.2) is 9.97 Å². The quantitative estimate of drug-likeness (QED) is 0.527. The molecule has 0 amide bonds. The van der Waals surface area contributed by atoms with Gasteiger partial charge in [-0.05, 0) is 42.1 Å². The van der Waals surface area contributed by atoms with Crippen LogP contribution in [-0.4, -0.2) is 25.1 Å². The Kier molecular flexibility index (Phi) is 4.92. The van der Waals surface area contributed by atoms with Crippen molar-refractivity contribution in [3.05, 3.63) is 63.6 Å². The highest BCUT2D eigenvalue weighted by atomic mass is 35.5. The lowest BCUT2D eigenvalue weighted by Gasteiger charge is -2.03. The van der Waals surface area contributed by atoms with E-state index in [0.29, 0.717) is 26.8 Å². The third-order valence-corrected chi connectivity index (χ3v) is 3.90. The second kappa shape index (κ2) is 7.28. The van der Waals surface area contributed by atoms with Crippen molar-refractivity contribution in [2.45, 2.75) is 16.8 Å². The largest absolute Gasteiger partial charge is 0.486 e. The molecular weight excluding hydrogens is 354 g/mol. The molecule has 3 aromatic rings. The number of nitrogens with zero attached hydrogens (tertiary/aromatic N) is 4. The summed E-state index contributed by atoms with van der Waals surface area (Å²) in [7, 11) is 0. The zero-order valence-electron chi connectivity index (χ0n) is 12.0. The first-order valence-corrected chi connectivity index (χ1v) is 7.87. The molecule has 0 spiro atoms. The molecule has 0 aliphatic heterocycles. The maximum atomic E-state index is 10.6. The Morgan fingerprint density at radius 2 is 2.04 bits per heavy atom. The predicted octanol–water partition coefficient (Wildman–Crippen LogP) is 3.49. The van der Waals surface area contributed by atoms with Gasteiger partial charge in [0.2, 0.25) is 5.16 Å². The summed E-state index contributed by atoms with van der Waals surface area (Å²) in [5, 5.41) is 19.1. The van der Waals surface area contributed by atoms with Crippen molar-refractivity contribution in [3.8, 4) is 5.75 Å². The number of aromatic nitrogens is 4. The Morgan fingerprint density at radius 3 is 2.71 bits per heavy atom. The average Bonchev–Trinajstić information content (AvgIpc) is 3.02. The number of halogens is 1. The summed E-state index contributed by atoms with van der Waals surface area (Å²) in [5.74, 6) is 1.22. The van der Waals surface area contributed by atoms with Crippen LogP contribution in [0.5, 0.6) is 5.75 Å². The Balaban J connectivity index is 1.58. The number of ether oxygens (including phenoxy) is 1. The van der Waals surface area contributed by atoms with Crippen LogP contribution in [0.1, 0.15) is 5.82 Å². The molecule has 0 fully saturated rings. The van der Waals surface area contributed by atoms with Crippen LogP contribution >= 0.6 is 23.4 Å². The summed E-state index contributed by atoms with van der Waals surface area (Å²) in [6, 6.07) is 9.91. The first-order valence-electron chi connectivity index (χ1n) is 6.68. The third kappa shape index (κ3) is 4.21. The van der Waals surface area contributed by atoms with Crippen LogP contribution < -0.4 is 4.74 Å².